The first-order valence-electron chi connectivity index (χ1n) is 10.8. The average molecular weight is 483 g/mol. The number of likely N-dealkylation sites (tertiary alicyclic amines) is 1. The normalized spacial score (nSPS) is 16.3. The molecular formula is C21H30N4O5S2. The van der Waals surface area contributed by atoms with Gasteiger partial charge in [-0.25, -0.2) is 18.5 Å². The van der Waals surface area contributed by atoms with Crippen molar-refractivity contribution in [2.24, 2.45) is 11.1 Å². The summed E-state index contributed by atoms with van der Waals surface area (Å²) in [6, 6.07) is 4.64. The number of fused-ring (bicyclic) bond motifs is 1. The second-order valence-corrected chi connectivity index (χ2v) is 10.7. The van der Waals surface area contributed by atoms with E-state index in [-0.39, 0.29) is 27.9 Å². The Morgan fingerprint density at radius 2 is 1.97 bits per heavy atom. The van der Waals surface area contributed by atoms with E-state index in [1.165, 1.54) is 23.9 Å². The van der Waals surface area contributed by atoms with Crippen molar-refractivity contribution in [2.75, 3.05) is 19.7 Å². The maximum atomic E-state index is 13.0. The summed E-state index contributed by atoms with van der Waals surface area (Å²) in [5.74, 6) is -0.337. The number of aromatic nitrogens is 2. The first-order chi connectivity index (χ1) is 15.2. The van der Waals surface area contributed by atoms with Gasteiger partial charge in [-0.15, -0.1) is 0 Å². The Labute approximate surface area is 192 Å². The lowest BCUT2D eigenvalue weighted by Gasteiger charge is -2.32. The maximum absolute atomic E-state index is 13.0. The number of nitrogens with two attached hydrogens (primary N) is 1. The van der Waals surface area contributed by atoms with Crippen LogP contribution in [0.3, 0.4) is 0 Å². The van der Waals surface area contributed by atoms with E-state index in [4.69, 9.17) is 9.88 Å². The number of rotatable bonds is 8. The van der Waals surface area contributed by atoms with Crippen LogP contribution in [0.25, 0.3) is 11.0 Å². The average Bonchev–Trinajstić information content (AvgIpc) is 3.09. The molecule has 1 aliphatic heterocycles. The van der Waals surface area contributed by atoms with Crippen molar-refractivity contribution in [2.45, 2.75) is 61.9 Å². The van der Waals surface area contributed by atoms with E-state index in [0.29, 0.717) is 49.8 Å². The quantitative estimate of drug-likeness (QED) is 0.452. The standard InChI is InChI=1S/C21H30N4O5S2/c1-4-10-25-18-7-6-16(32(22,28)29)13-17(18)23-21(25)31-14(3)19(26)24-11-8-15(9-12-24)20(27)30-5-2/h6-7,13-15H,4-5,8-12H2,1-3H3,(H2,22,28,29). The molecular weight excluding hydrogens is 452 g/mol. The highest BCUT2D eigenvalue weighted by atomic mass is 32.2. The molecule has 1 aliphatic rings. The minimum atomic E-state index is -3.83. The lowest BCUT2D eigenvalue weighted by atomic mass is 9.97. The number of carbonyl (C=O) groups is 2. The van der Waals surface area contributed by atoms with Crippen LogP contribution in [0.1, 0.15) is 40.0 Å². The number of sulfonamides is 1. The van der Waals surface area contributed by atoms with Crippen LogP contribution in [0, 0.1) is 5.92 Å². The van der Waals surface area contributed by atoms with Crippen LogP contribution in [-0.2, 0) is 30.9 Å². The third kappa shape index (κ3) is 5.44. The number of carbonyl (C=O) groups excluding carboxylic acids is 2. The highest BCUT2D eigenvalue weighted by molar-refractivity contribution is 8.00. The summed E-state index contributed by atoms with van der Waals surface area (Å²) >= 11 is 1.35. The summed E-state index contributed by atoms with van der Waals surface area (Å²) in [5.41, 5.74) is 1.33. The Bertz CT molecular complexity index is 1090. The summed E-state index contributed by atoms with van der Waals surface area (Å²) in [4.78, 5) is 31.4. The van der Waals surface area contributed by atoms with Gasteiger partial charge in [0.1, 0.15) is 0 Å². The number of hydrogen-bond donors (Lipinski definition) is 1. The molecule has 0 radical (unpaired) electrons. The van der Waals surface area contributed by atoms with Crippen molar-refractivity contribution < 1.29 is 22.7 Å². The van der Waals surface area contributed by atoms with Crippen LogP contribution in [-0.4, -0.2) is 59.7 Å². The molecule has 11 heteroatoms. The Hall–Kier alpha value is -2.11. The number of piperidine rings is 1. The number of esters is 1. The molecule has 9 nitrogen and oxygen atoms in total. The molecule has 1 aromatic heterocycles. The number of hydrogen-bond acceptors (Lipinski definition) is 7. The van der Waals surface area contributed by atoms with Crippen molar-refractivity contribution in [1.82, 2.24) is 14.5 Å². The van der Waals surface area contributed by atoms with Crippen LogP contribution < -0.4 is 5.14 Å². The smallest absolute Gasteiger partial charge is 0.309 e. The fourth-order valence-corrected chi connectivity index (χ4v) is 5.42. The molecule has 1 aromatic carbocycles. The molecule has 0 aliphatic carbocycles. The fraction of sp³-hybridized carbons (Fsp3) is 0.571. The summed E-state index contributed by atoms with van der Waals surface area (Å²) < 4.78 is 30.5. The van der Waals surface area contributed by atoms with Crippen LogP contribution in [0.4, 0.5) is 0 Å². The molecule has 176 valence electrons. The van der Waals surface area contributed by atoms with Gasteiger partial charge in [0.05, 0.1) is 33.7 Å². The lowest BCUT2D eigenvalue weighted by molar-refractivity contribution is -0.151. The number of aryl methyl sites for hydroxylation is 1. The summed E-state index contributed by atoms with van der Waals surface area (Å²) in [6.45, 7) is 7.78. The Kier molecular flexibility index (Phi) is 7.84. The van der Waals surface area contributed by atoms with E-state index in [0.717, 1.165) is 11.9 Å². The zero-order valence-corrected chi connectivity index (χ0v) is 20.2. The molecule has 2 N–H and O–H groups in total. The van der Waals surface area contributed by atoms with Gasteiger partial charge in [-0.3, -0.25) is 9.59 Å². The van der Waals surface area contributed by atoms with Crippen molar-refractivity contribution in [1.29, 1.82) is 0 Å². The second-order valence-electron chi connectivity index (χ2n) is 7.85. The van der Waals surface area contributed by atoms with Gasteiger partial charge in [0, 0.05) is 19.6 Å². The number of thioether (sulfide) groups is 1. The minimum Gasteiger partial charge on any atom is -0.466 e. The fourth-order valence-electron chi connectivity index (χ4n) is 3.86. The van der Waals surface area contributed by atoms with Crippen molar-refractivity contribution in [3.63, 3.8) is 0 Å². The summed E-state index contributed by atoms with van der Waals surface area (Å²) in [5, 5.41) is 5.54. The van der Waals surface area contributed by atoms with E-state index in [1.54, 1.807) is 17.9 Å². The third-order valence-corrected chi connectivity index (χ3v) is 7.51. The summed E-state index contributed by atoms with van der Waals surface area (Å²) in [7, 11) is -3.83. The van der Waals surface area contributed by atoms with Gasteiger partial charge < -0.3 is 14.2 Å². The molecule has 2 heterocycles. The molecule has 1 saturated heterocycles. The number of amides is 1. The first kappa shape index (κ1) is 24.5. The van der Waals surface area contributed by atoms with Gasteiger partial charge in [0.25, 0.3) is 0 Å². The van der Waals surface area contributed by atoms with Crippen LogP contribution in [0.15, 0.2) is 28.3 Å². The third-order valence-electron chi connectivity index (χ3n) is 5.52. The Morgan fingerprint density at radius 3 is 2.56 bits per heavy atom. The highest BCUT2D eigenvalue weighted by Crippen LogP contribution is 2.30. The van der Waals surface area contributed by atoms with Gasteiger partial charge in [0.2, 0.25) is 15.9 Å². The topological polar surface area (TPSA) is 125 Å². The van der Waals surface area contributed by atoms with Gasteiger partial charge in [-0.05, 0) is 51.3 Å². The van der Waals surface area contributed by atoms with E-state index in [9.17, 15) is 18.0 Å². The van der Waals surface area contributed by atoms with Gasteiger partial charge >= 0.3 is 5.97 Å². The van der Waals surface area contributed by atoms with Crippen molar-refractivity contribution >= 4 is 44.7 Å². The van der Waals surface area contributed by atoms with Crippen LogP contribution in [0.2, 0.25) is 0 Å². The summed E-state index contributed by atoms with van der Waals surface area (Å²) in [6.07, 6.45) is 2.07. The highest BCUT2D eigenvalue weighted by Gasteiger charge is 2.31. The molecule has 32 heavy (non-hydrogen) atoms. The molecule has 0 spiro atoms. The monoisotopic (exact) mass is 482 g/mol. The van der Waals surface area contributed by atoms with E-state index >= 15 is 0 Å². The molecule has 2 aromatic rings. The zero-order chi connectivity index (χ0) is 23.5. The second kappa shape index (κ2) is 10.2. The predicted molar refractivity (Wildman–Crippen MR) is 123 cm³/mol. The van der Waals surface area contributed by atoms with E-state index in [1.807, 2.05) is 18.4 Å². The van der Waals surface area contributed by atoms with Crippen LogP contribution in [0.5, 0.6) is 0 Å². The van der Waals surface area contributed by atoms with E-state index < -0.39 is 10.0 Å². The largest absolute Gasteiger partial charge is 0.466 e. The number of imidazole rings is 1. The van der Waals surface area contributed by atoms with Crippen molar-refractivity contribution in [3.05, 3.63) is 18.2 Å². The molecule has 3 rings (SSSR count). The Balaban J connectivity index is 1.74. The molecule has 0 bridgehead atoms. The number of ether oxygens (including phenoxy) is 1. The molecule has 0 saturated carbocycles. The molecule has 1 fully saturated rings. The SMILES string of the molecule is CCCn1c(SC(C)C(=O)N2CCC(C(=O)OCC)CC2)nc2cc(S(N)(=O)=O)ccc21. The van der Waals surface area contributed by atoms with Crippen LogP contribution >= 0.6 is 11.8 Å². The van der Waals surface area contributed by atoms with Gasteiger partial charge in [-0.1, -0.05) is 18.7 Å². The lowest BCUT2D eigenvalue weighted by Crippen LogP contribution is -2.43. The van der Waals surface area contributed by atoms with Gasteiger partial charge in [-0.2, -0.15) is 0 Å². The molecule has 1 atom stereocenters. The first-order valence-corrected chi connectivity index (χ1v) is 13.2. The van der Waals surface area contributed by atoms with Gasteiger partial charge in [0.15, 0.2) is 5.16 Å². The molecule has 1 unspecified atom stereocenters. The van der Waals surface area contributed by atoms with Crippen molar-refractivity contribution in [3.8, 4) is 0 Å². The Morgan fingerprint density at radius 1 is 1.28 bits per heavy atom. The zero-order valence-electron chi connectivity index (χ0n) is 18.6. The maximum Gasteiger partial charge on any atom is 0.309 e. The number of benzene rings is 1. The molecule has 1 amide bonds. The minimum absolute atomic E-state index is 0.00219. The number of nitrogens with zero attached hydrogens (tertiary/aromatic N) is 3. The number of primary sulfonamides is 1. The van der Waals surface area contributed by atoms with E-state index in [2.05, 4.69) is 4.98 Å². The predicted octanol–water partition coefficient (Wildman–Crippen LogP) is 2.38.